The molecule has 156 valence electrons. The second-order valence-electron chi connectivity index (χ2n) is 7.55. The number of unbranched alkanes of at least 4 members (excludes halogenated alkanes) is 4. The van der Waals surface area contributed by atoms with Gasteiger partial charge in [0.05, 0.1) is 10.4 Å². The first-order valence-electron chi connectivity index (χ1n) is 10.3. The van der Waals surface area contributed by atoms with Gasteiger partial charge in [-0.1, -0.05) is 56.9 Å². The number of fused-ring (bicyclic) bond motifs is 1. The molecule has 2 aliphatic rings. The minimum atomic E-state index is -0.922. The van der Waals surface area contributed by atoms with Gasteiger partial charge in [0.25, 0.3) is 0 Å². The van der Waals surface area contributed by atoms with Gasteiger partial charge in [0, 0.05) is 23.3 Å². The van der Waals surface area contributed by atoms with Gasteiger partial charge < -0.3 is 4.74 Å². The van der Waals surface area contributed by atoms with Gasteiger partial charge >= 0.3 is 5.97 Å². The van der Waals surface area contributed by atoms with Gasteiger partial charge in [0.15, 0.2) is 21.7 Å². The average molecular weight is 408 g/mol. The lowest BCUT2D eigenvalue weighted by Crippen LogP contribution is -2.32. The molecule has 0 fully saturated rings. The molecule has 1 aromatic carbocycles. The maximum absolute atomic E-state index is 13.2. The quantitative estimate of drug-likeness (QED) is 0.420. The fourth-order valence-electron chi connectivity index (χ4n) is 3.90. The van der Waals surface area contributed by atoms with Crippen molar-refractivity contribution in [2.75, 3.05) is 0 Å². The molecule has 6 nitrogen and oxygen atoms in total. The van der Waals surface area contributed by atoms with E-state index in [-0.39, 0.29) is 16.3 Å². The standard InChI is InChI=1S/C24H24O6/c1-3-4-5-6-7-12-19(30-14(2)25)17-13-18(26)20-21(24(17)29)23(28)16-11-9-8-10-15(16)22(20)27/h8-11,13,19H,3-7,12H2,1-2H3. The predicted octanol–water partition coefficient (Wildman–Crippen LogP) is 2.85. The average Bonchev–Trinajstić information content (AvgIpc) is 2.72. The van der Waals surface area contributed by atoms with Crippen molar-refractivity contribution in [2.24, 2.45) is 0 Å². The van der Waals surface area contributed by atoms with E-state index in [0.29, 0.717) is 12.8 Å². The Balaban J connectivity index is 2.20. The minimum Gasteiger partial charge on any atom is -0.458 e. The molecule has 0 heterocycles. The molecule has 1 unspecified atom stereocenters. The Morgan fingerprint density at radius 2 is 1.47 bits per heavy atom. The van der Waals surface area contributed by atoms with Crippen molar-refractivity contribution in [3.8, 4) is 0 Å². The van der Waals surface area contributed by atoms with E-state index in [1.165, 1.54) is 19.1 Å². The number of esters is 1. The first kappa shape index (κ1) is 21.6. The number of carbonyl (C=O) groups is 1. The molecule has 0 saturated heterocycles. The summed E-state index contributed by atoms with van der Waals surface area (Å²) in [6, 6.07) is 7.18. The molecule has 2 aliphatic carbocycles. The van der Waals surface area contributed by atoms with E-state index in [4.69, 9.17) is 4.74 Å². The van der Waals surface area contributed by atoms with Crippen LogP contribution >= 0.6 is 0 Å². The molecule has 1 aromatic rings. The van der Waals surface area contributed by atoms with Crippen LogP contribution in [0.2, 0.25) is 0 Å². The van der Waals surface area contributed by atoms with Gasteiger partial charge in [0.1, 0.15) is 6.10 Å². The maximum Gasteiger partial charge on any atom is 0.303 e. The summed E-state index contributed by atoms with van der Waals surface area (Å²) in [6.07, 6.45) is 4.25. The smallest absolute Gasteiger partial charge is 0.303 e. The highest BCUT2D eigenvalue weighted by Crippen LogP contribution is 2.22. The molecule has 0 radical (unpaired) electrons. The molecule has 1 atom stereocenters. The summed E-state index contributed by atoms with van der Waals surface area (Å²) in [5.41, 5.74) is -2.72. The number of ether oxygens (including phenoxy) is 1. The summed E-state index contributed by atoms with van der Waals surface area (Å²) >= 11 is 0. The Labute approximate surface area is 172 Å². The topological polar surface area (TPSA) is 94.6 Å². The van der Waals surface area contributed by atoms with Crippen molar-refractivity contribution in [1.29, 1.82) is 0 Å². The van der Waals surface area contributed by atoms with Crippen LogP contribution in [-0.4, -0.2) is 5.97 Å². The molecule has 30 heavy (non-hydrogen) atoms. The molecule has 0 saturated carbocycles. The van der Waals surface area contributed by atoms with E-state index in [2.05, 4.69) is 6.92 Å². The van der Waals surface area contributed by atoms with Crippen molar-refractivity contribution < 1.29 is 9.53 Å². The van der Waals surface area contributed by atoms with E-state index in [0.717, 1.165) is 31.7 Å². The van der Waals surface area contributed by atoms with Crippen molar-refractivity contribution in [1.82, 2.24) is 0 Å². The minimum absolute atomic E-state index is 0.0371. The SMILES string of the molecule is CCCCCCCC(OC(C)=O)c1cc(=O)c2c(=O)c3ccccc3c(=O)c=2c1=O. The summed E-state index contributed by atoms with van der Waals surface area (Å²) in [7, 11) is 0. The molecular formula is C24H24O6. The summed E-state index contributed by atoms with van der Waals surface area (Å²) in [5, 5.41) is -0.583. The lowest BCUT2D eigenvalue weighted by Gasteiger charge is -2.16. The second kappa shape index (κ2) is 9.11. The van der Waals surface area contributed by atoms with Crippen LogP contribution in [0.4, 0.5) is 0 Å². The Morgan fingerprint density at radius 3 is 2.07 bits per heavy atom. The largest absolute Gasteiger partial charge is 0.458 e. The molecule has 0 aliphatic heterocycles. The van der Waals surface area contributed by atoms with Crippen LogP contribution in [-0.2, 0) is 9.53 Å². The van der Waals surface area contributed by atoms with Crippen LogP contribution in [0.5, 0.6) is 0 Å². The fourth-order valence-corrected chi connectivity index (χ4v) is 3.90. The maximum atomic E-state index is 13.2. The number of hydrogen-bond acceptors (Lipinski definition) is 6. The van der Waals surface area contributed by atoms with Crippen LogP contribution in [0.25, 0.3) is 10.8 Å². The molecular weight excluding hydrogens is 384 g/mol. The van der Waals surface area contributed by atoms with Gasteiger partial charge in [-0.25, -0.2) is 0 Å². The third-order valence-corrected chi connectivity index (χ3v) is 5.37. The Morgan fingerprint density at radius 1 is 0.867 bits per heavy atom. The molecule has 0 N–H and O–H groups in total. The van der Waals surface area contributed by atoms with E-state index < -0.39 is 44.2 Å². The molecule has 0 bridgehead atoms. The van der Waals surface area contributed by atoms with Gasteiger partial charge in [-0.2, -0.15) is 0 Å². The highest BCUT2D eigenvalue weighted by molar-refractivity contribution is 5.82. The normalized spacial score (nSPS) is 12.3. The lowest BCUT2D eigenvalue weighted by molar-refractivity contribution is -0.147. The zero-order valence-electron chi connectivity index (χ0n) is 17.2. The third-order valence-electron chi connectivity index (χ3n) is 5.37. The van der Waals surface area contributed by atoms with Crippen molar-refractivity contribution in [3.05, 3.63) is 87.2 Å². The summed E-state index contributed by atoms with van der Waals surface area (Å²) < 4.78 is 5.33. The van der Waals surface area contributed by atoms with Crippen LogP contribution in [0.3, 0.4) is 0 Å². The molecule has 3 rings (SSSR count). The van der Waals surface area contributed by atoms with Crippen molar-refractivity contribution in [2.45, 2.75) is 58.5 Å². The highest BCUT2D eigenvalue weighted by atomic mass is 16.5. The summed E-state index contributed by atoms with van der Waals surface area (Å²) in [6.45, 7) is 3.33. The zero-order chi connectivity index (χ0) is 21.8. The number of benzene rings is 1. The lowest BCUT2D eigenvalue weighted by atomic mass is 9.97. The van der Waals surface area contributed by atoms with E-state index in [1.807, 2.05) is 0 Å². The van der Waals surface area contributed by atoms with E-state index in [1.54, 1.807) is 12.1 Å². The summed E-state index contributed by atoms with van der Waals surface area (Å²) in [4.78, 5) is 63.3. The van der Waals surface area contributed by atoms with Crippen molar-refractivity contribution >= 4 is 16.7 Å². The summed E-state index contributed by atoms with van der Waals surface area (Å²) in [5.74, 6) is -0.578. The van der Waals surface area contributed by atoms with Gasteiger partial charge in [-0.05, 0) is 18.9 Å². The van der Waals surface area contributed by atoms with Crippen LogP contribution < -0.4 is 21.7 Å². The first-order chi connectivity index (χ1) is 14.4. The molecule has 6 heteroatoms. The van der Waals surface area contributed by atoms with E-state index in [9.17, 15) is 24.0 Å². The van der Waals surface area contributed by atoms with Crippen LogP contribution in [0.1, 0.15) is 64.0 Å². The highest BCUT2D eigenvalue weighted by Gasteiger charge is 2.22. The molecule has 0 spiro atoms. The number of rotatable bonds is 8. The van der Waals surface area contributed by atoms with Gasteiger partial charge in [0.2, 0.25) is 0 Å². The second-order valence-corrected chi connectivity index (χ2v) is 7.55. The monoisotopic (exact) mass is 408 g/mol. The number of hydrogen-bond donors (Lipinski definition) is 0. The Kier molecular flexibility index (Phi) is 6.55. The molecule has 0 aromatic heterocycles. The molecule has 0 amide bonds. The van der Waals surface area contributed by atoms with Gasteiger partial charge in [-0.3, -0.25) is 24.0 Å². The van der Waals surface area contributed by atoms with Gasteiger partial charge in [-0.15, -0.1) is 0 Å². The number of carbonyl (C=O) groups excluding carboxylic acids is 1. The Bertz CT molecular complexity index is 1350. The van der Waals surface area contributed by atoms with Crippen LogP contribution in [0, 0.1) is 10.4 Å². The van der Waals surface area contributed by atoms with Crippen LogP contribution in [0.15, 0.2) is 49.5 Å². The van der Waals surface area contributed by atoms with E-state index >= 15 is 0 Å². The first-order valence-corrected chi connectivity index (χ1v) is 10.3. The Hall–Kier alpha value is -3.15. The predicted molar refractivity (Wildman–Crippen MR) is 115 cm³/mol. The fraction of sp³-hybridized carbons (Fsp3) is 0.375. The third kappa shape index (κ3) is 4.08. The van der Waals surface area contributed by atoms with Crippen molar-refractivity contribution in [3.63, 3.8) is 0 Å². The zero-order valence-corrected chi connectivity index (χ0v) is 17.2.